The average Bonchev–Trinajstić information content (AvgIpc) is 3.08. The van der Waals surface area contributed by atoms with Crippen LogP contribution in [-0.4, -0.2) is 22.8 Å². The number of non-ortho nitro benzene ring substituents is 1. The SMILES string of the molecule is C[C@]12CC[C@H](OC(=O)c3ccc([N+](=O)[O-])cc3)C[C@H]1CC[C@@H]1[C@@H]2CC[C@]2(C)C(=O)CC[C@@H]12. The number of carbonyl (C=O) groups excluding carboxylic acids is 2. The minimum Gasteiger partial charge on any atom is -0.459 e. The third-order valence-corrected chi connectivity index (χ3v) is 9.91. The van der Waals surface area contributed by atoms with Gasteiger partial charge in [0.25, 0.3) is 5.69 Å². The summed E-state index contributed by atoms with van der Waals surface area (Å²) in [6.45, 7) is 4.69. The molecule has 4 aliphatic carbocycles. The molecule has 0 aliphatic heterocycles. The van der Waals surface area contributed by atoms with Crippen LogP contribution in [0.4, 0.5) is 5.69 Å². The van der Waals surface area contributed by atoms with Gasteiger partial charge in [0.1, 0.15) is 11.9 Å². The van der Waals surface area contributed by atoms with Crippen LogP contribution in [0, 0.1) is 44.6 Å². The average molecular weight is 440 g/mol. The van der Waals surface area contributed by atoms with Gasteiger partial charge in [-0.15, -0.1) is 0 Å². The van der Waals surface area contributed by atoms with E-state index in [0.717, 1.165) is 51.4 Å². The highest BCUT2D eigenvalue weighted by Gasteiger charge is 2.60. The Kier molecular flexibility index (Phi) is 5.18. The molecule has 0 unspecified atom stereocenters. The van der Waals surface area contributed by atoms with Crippen LogP contribution in [0.15, 0.2) is 24.3 Å². The summed E-state index contributed by atoms with van der Waals surface area (Å²) in [5, 5.41) is 10.8. The van der Waals surface area contributed by atoms with Crippen molar-refractivity contribution in [2.24, 2.45) is 34.5 Å². The number of Topliss-reactive ketones (excluding diaryl/α,β-unsaturated/α-hetero) is 1. The first-order valence-corrected chi connectivity index (χ1v) is 12.2. The Morgan fingerprint density at radius 2 is 1.78 bits per heavy atom. The maximum Gasteiger partial charge on any atom is 0.338 e. The number of nitro benzene ring substituents is 1. The third kappa shape index (κ3) is 3.29. The summed E-state index contributed by atoms with van der Waals surface area (Å²) in [6.07, 6.45) is 9.14. The number of rotatable bonds is 3. The summed E-state index contributed by atoms with van der Waals surface area (Å²) < 4.78 is 5.85. The molecule has 1 aromatic rings. The second-order valence-electron chi connectivity index (χ2n) is 11.2. The molecule has 1 aromatic carbocycles. The molecule has 0 radical (unpaired) electrons. The summed E-state index contributed by atoms with van der Waals surface area (Å²) >= 11 is 0. The summed E-state index contributed by atoms with van der Waals surface area (Å²) in [5.74, 6) is 2.56. The number of ketones is 1. The molecular formula is C26H33NO5. The van der Waals surface area contributed by atoms with Crippen molar-refractivity contribution in [3.63, 3.8) is 0 Å². The fraction of sp³-hybridized carbons (Fsp3) is 0.692. The topological polar surface area (TPSA) is 86.5 Å². The first-order chi connectivity index (χ1) is 15.2. The molecule has 0 heterocycles. The van der Waals surface area contributed by atoms with Crippen LogP contribution in [-0.2, 0) is 9.53 Å². The highest BCUT2D eigenvalue weighted by molar-refractivity contribution is 5.89. The maximum atomic E-state index is 12.6. The molecule has 0 spiro atoms. The fourth-order valence-corrected chi connectivity index (χ4v) is 8.04. The molecule has 6 heteroatoms. The summed E-state index contributed by atoms with van der Waals surface area (Å²) in [4.78, 5) is 35.6. The van der Waals surface area contributed by atoms with Crippen molar-refractivity contribution < 1.29 is 19.2 Å². The van der Waals surface area contributed by atoms with E-state index in [2.05, 4.69) is 13.8 Å². The van der Waals surface area contributed by atoms with E-state index in [4.69, 9.17) is 4.74 Å². The molecule has 4 fully saturated rings. The number of ether oxygens (including phenoxy) is 1. The Morgan fingerprint density at radius 1 is 1.03 bits per heavy atom. The molecule has 0 N–H and O–H groups in total. The standard InChI is InChI=1S/C26H33NO5/c1-25-13-11-19(32-24(29)16-3-6-18(7-4-16)27(30)31)15-17(25)5-8-20-21-9-10-23(28)26(21,2)14-12-22(20)25/h3-4,6-7,17,19-22H,5,8-15H2,1-2H3/t17-,19+,20+,21+,22+,25+,26+/m1/s1. The zero-order valence-electron chi connectivity index (χ0n) is 19.0. The van der Waals surface area contributed by atoms with Crippen LogP contribution in [0.5, 0.6) is 0 Å². The summed E-state index contributed by atoms with van der Waals surface area (Å²) in [5.41, 5.74) is 0.526. The zero-order valence-corrected chi connectivity index (χ0v) is 19.0. The Labute approximate surface area is 189 Å². The Bertz CT molecular complexity index is 942. The highest BCUT2D eigenvalue weighted by Crippen LogP contribution is 2.65. The van der Waals surface area contributed by atoms with Crippen LogP contribution in [0.1, 0.15) is 82.0 Å². The lowest BCUT2D eigenvalue weighted by Crippen LogP contribution is -2.54. The predicted octanol–water partition coefficient (Wildman–Crippen LogP) is 5.73. The van der Waals surface area contributed by atoms with E-state index >= 15 is 0 Å². The van der Waals surface area contributed by atoms with E-state index in [1.54, 1.807) is 0 Å². The minimum atomic E-state index is -0.470. The normalized spacial score (nSPS) is 40.7. The first-order valence-electron chi connectivity index (χ1n) is 12.2. The van der Waals surface area contributed by atoms with E-state index in [-0.39, 0.29) is 28.6 Å². The molecule has 6 nitrogen and oxygen atoms in total. The van der Waals surface area contributed by atoms with E-state index in [0.29, 0.717) is 35.0 Å². The van der Waals surface area contributed by atoms with Crippen molar-refractivity contribution in [1.29, 1.82) is 0 Å². The molecule has 4 saturated carbocycles. The first kappa shape index (κ1) is 21.6. The molecule has 32 heavy (non-hydrogen) atoms. The number of esters is 1. The lowest BCUT2D eigenvalue weighted by molar-refractivity contribution is -0.384. The van der Waals surface area contributed by atoms with Crippen molar-refractivity contribution in [3.05, 3.63) is 39.9 Å². The number of nitrogens with zero attached hydrogens (tertiary/aromatic N) is 1. The number of benzene rings is 1. The molecule has 0 amide bonds. The van der Waals surface area contributed by atoms with Crippen LogP contribution in [0.3, 0.4) is 0 Å². The van der Waals surface area contributed by atoms with Gasteiger partial charge < -0.3 is 4.74 Å². The minimum absolute atomic E-state index is 0.0284. The molecule has 0 saturated heterocycles. The van der Waals surface area contributed by atoms with Crippen molar-refractivity contribution in [1.82, 2.24) is 0 Å². The smallest absolute Gasteiger partial charge is 0.338 e. The lowest BCUT2D eigenvalue weighted by atomic mass is 9.45. The molecule has 0 aromatic heterocycles. The Hall–Kier alpha value is -2.24. The predicted molar refractivity (Wildman–Crippen MR) is 119 cm³/mol. The van der Waals surface area contributed by atoms with E-state index in [9.17, 15) is 19.7 Å². The largest absolute Gasteiger partial charge is 0.459 e. The molecule has 4 aliphatic rings. The number of hydrogen-bond donors (Lipinski definition) is 0. The van der Waals surface area contributed by atoms with Crippen molar-refractivity contribution in [3.8, 4) is 0 Å². The van der Waals surface area contributed by atoms with Crippen molar-refractivity contribution in [2.45, 2.75) is 77.7 Å². The maximum absolute atomic E-state index is 12.6. The lowest BCUT2D eigenvalue weighted by Gasteiger charge is -2.60. The van der Waals surface area contributed by atoms with E-state index in [1.807, 2.05) is 0 Å². The van der Waals surface area contributed by atoms with Gasteiger partial charge in [0.15, 0.2) is 0 Å². The summed E-state index contributed by atoms with van der Waals surface area (Å²) in [6, 6.07) is 5.64. The number of hydrogen-bond acceptors (Lipinski definition) is 5. The fourth-order valence-electron chi connectivity index (χ4n) is 8.04. The summed E-state index contributed by atoms with van der Waals surface area (Å²) in [7, 11) is 0. The van der Waals surface area contributed by atoms with Gasteiger partial charge in [-0.1, -0.05) is 13.8 Å². The quantitative estimate of drug-likeness (QED) is 0.341. The number of nitro groups is 1. The van der Waals surface area contributed by atoms with Gasteiger partial charge in [-0.05, 0) is 92.6 Å². The van der Waals surface area contributed by atoms with Crippen LogP contribution in [0.2, 0.25) is 0 Å². The number of carbonyl (C=O) groups is 2. The zero-order chi connectivity index (χ0) is 22.7. The van der Waals surface area contributed by atoms with Gasteiger partial charge in [0, 0.05) is 24.0 Å². The van der Waals surface area contributed by atoms with Gasteiger partial charge >= 0.3 is 5.97 Å². The van der Waals surface area contributed by atoms with Crippen molar-refractivity contribution in [2.75, 3.05) is 0 Å². The highest BCUT2D eigenvalue weighted by atomic mass is 16.6. The Morgan fingerprint density at radius 3 is 2.50 bits per heavy atom. The van der Waals surface area contributed by atoms with Gasteiger partial charge in [-0.25, -0.2) is 4.79 Å². The Balaban J connectivity index is 1.25. The van der Waals surface area contributed by atoms with Gasteiger partial charge in [0.2, 0.25) is 0 Å². The number of fused-ring (bicyclic) bond motifs is 5. The van der Waals surface area contributed by atoms with Gasteiger partial charge in [0.05, 0.1) is 10.5 Å². The third-order valence-electron chi connectivity index (χ3n) is 9.91. The van der Waals surface area contributed by atoms with Crippen molar-refractivity contribution >= 4 is 17.4 Å². The van der Waals surface area contributed by atoms with E-state index in [1.165, 1.54) is 30.7 Å². The molecular weight excluding hydrogens is 406 g/mol. The molecule has 5 rings (SSSR count). The van der Waals surface area contributed by atoms with Crippen LogP contribution < -0.4 is 0 Å². The second kappa shape index (κ2) is 7.67. The van der Waals surface area contributed by atoms with Gasteiger partial charge in [-0.3, -0.25) is 14.9 Å². The molecule has 7 atom stereocenters. The monoisotopic (exact) mass is 439 g/mol. The van der Waals surface area contributed by atoms with Crippen LogP contribution >= 0.6 is 0 Å². The molecule has 0 bridgehead atoms. The molecule has 172 valence electrons. The van der Waals surface area contributed by atoms with Gasteiger partial charge in [-0.2, -0.15) is 0 Å². The van der Waals surface area contributed by atoms with Crippen LogP contribution in [0.25, 0.3) is 0 Å². The second-order valence-corrected chi connectivity index (χ2v) is 11.2. The van der Waals surface area contributed by atoms with E-state index < -0.39 is 4.92 Å².